The fraction of sp³-hybridized carbons (Fsp3) is 0.488. The first-order chi connectivity index (χ1) is 64.1. The van der Waals surface area contributed by atoms with E-state index in [4.69, 9.17) is 110 Å². The average molecular weight is 2120 g/mol. The molecule has 136 heavy (non-hydrogen) atoms. The van der Waals surface area contributed by atoms with E-state index in [9.17, 15) is 38.2 Å². The van der Waals surface area contributed by atoms with Gasteiger partial charge in [0, 0.05) is 119 Å². The zero-order valence-electron chi connectivity index (χ0n) is 78.1. The van der Waals surface area contributed by atoms with Crippen LogP contribution in [0.5, 0.6) is 0 Å². The molecule has 8 aromatic heterocycles. The number of nitrogens with zero attached hydrogens (tertiary/aromatic N) is 16. The molecule has 4 aliphatic rings. The van der Waals surface area contributed by atoms with Gasteiger partial charge in [-0.15, -0.1) is 0 Å². The van der Waals surface area contributed by atoms with E-state index in [2.05, 4.69) is 145 Å². The lowest BCUT2D eigenvalue weighted by Gasteiger charge is -2.26. The standard InChI is InChI=1S/C23H35N7O2P2.C23H35N7P2S2.2C20H29N7O3P2S2/c1-5-30-14-25-20-21(28-23(29-22(20)30)27-18-8-6-16(24)7-9-18)26-17-10-12-19(13-11-17)34(4,32)15-33(2,3)31;1-5-30-14-25-20-21(28-23(29-22(20)30)27-18-8-6-16(24)7-9-18)26-17-10-12-19(13-11-17)32(4,34)15-31(2,3)33;2*1-2-27-11-22-17-18(25-20(26-19(17)27)24-15-5-3-13(21)4-6-15)23-14-7-9-16(10-8-14)31(28,33)12-32(29,30)34/h2*10-14,16,18H,5-9,15,24H2,1-4H3,(H2,26,27,28,29);2*7-11,13,15H,2-6,12,21H2,1H3,(H,28,33)(H2,29,30,34)(H2,23,24,25,26). The Morgan fingerprint density at radius 3 is 0.816 bits per heavy atom. The molecule has 0 amide bonds. The Balaban J connectivity index is 0.000000153. The quantitative estimate of drug-likeness (QED) is 0.0137. The van der Waals surface area contributed by atoms with Crippen molar-refractivity contribution in [2.75, 3.05) is 106 Å². The predicted octanol–water partition coefficient (Wildman–Crippen LogP) is 15.1. The van der Waals surface area contributed by atoms with Crippen LogP contribution in [0.25, 0.3) is 44.7 Å². The predicted molar refractivity (Wildman–Crippen MR) is 586 cm³/mol. The van der Waals surface area contributed by atoms with Crippen LogP contribution in [-0.2, 0) is 98.9 Å². The number of anilines is 12. The summed E-state index contributed by atoms with van der Waals surface area (Å²) in [4.78, 5) is 106. The van der Waals surface area contributed by atoms with Gasteiger partial charge in [0.2, 0.25) is 23.8 Å². The SMILES string of the molecule is CCn1cnc2c(Nc3ccc(P(C)(=O)CP(C)(C)=O)cc3)nc(NC3CCC(N)CC3)nc21.CCn1cnc2c(Nc3ccc(P(C)(=S)CP(C)(C)=S)cc3)nc(NC3CCC(N)CC3)nc21.CCn1cnc2c(Nc3ccc(P(O)(=S)CP(=O)(O)S)cc3)nc(NC3CCC(N)CC3)nc21.CCn1cnc2c(Nc3ccc(P(O)(=S)CP(O)(O)=S)cc3)nc(NC3CCC(N)CC3)nc21. The minimum atomic E-state index is -3.74. The van der Waals surface area contributed by atoms with E-state index in [0.717, 1.165) is 180 Å². The van der Waals surface area contributed by atoms with Crippen LogP contribution >= 0.6 is 64.2 Å². The lowest BCUT2D eigenvalue weighted by Crippen LogP contribution is -2.33. The molecule has 8 heterocycles. The molecule has 4 aliphatic carbocycles. The first-order valence-electron chi connectivity index (χ1n) is 45.6. The van der Waals surface area contributed by atoms with Crippen LogP contribution in [0.15, 0.2) is 122 Å². The molecule has 0 spiro atoms. The molecular formula is C86H128N28O8P8S6. The maximum atomic E-state index is 13.1. The number of nitrogens with two attached hydrogens (primary N) is 4. The topological polar surface area (TPSA) is 527 Å². The van der Waals surface area contributed by atoms with Crippen molar-refractivity contribution in [2.24, 2.45) is 22.9 Å². The highest BCUT2D eigenvalue weighted by atomic mass is 32.7. The first kappa shape index (κ1) is 107. The van der Waals surface area contributed by atoms with Gasteiger partial charge in [0.05, 0.1) is 50.2 Å². The van der Waals surface area contributed by atoms with Crippen molar-refractivity contribution in [3.63, 3.8) is 0 Å². The van der Waals surface area contributed by atoms with Gasteiger partial charge in [0.15, 0.2) is 74.4 Å². The number of imidazole rings is 4. The van der Waals surface area contributed by atoms with Crippen molar-refractivity contribution in [1.29, 1.82) is 0 Å². The summed E-state index contributed by atoms with van der Waals surface area (Å²) in [6.07, 6.45) is 16.7. The molecular weight excluding hydrogens is 1990 g/mol. The van der Waals surface area contributed by atoms with Crippen molar-refractivity contribution in [2.45, 2.75) is 205 Å². The number of rotatable bonds is 32. The maximum absolute atomic E-state index is 13.1. The third-order valence-corrected chi connectivity index (χ3v) is 53.0. The number of thiol groups is 1. The molecule has 0 radical (unpaired) electrons. The van der Waals surface area contributed by atoms with E-state index in [-0.39, 0.29) is 42.0 Å². The minimum absolute atomic E-state index is 0.231. The fourth-order valence-electron chi connectivity index (χ4n) is 17.0. The molecule has 0 aliphatic heterocycles. The van der Waals surface area contributed by atoms with Crippen LogP contribution in [0.3, 0.4) is 0 Å². The molecule has 0 saturated heterocycles. The zero-order valence-corrected chi connectivity index (χ0v) is 90.3. The summed E-state index contributed by atoms with van der Waals surface area (Å²) in [6, 6.07) is 28.8. The molecule has 50 heteroatoms. The maximum Gasteiger partial charge on any atom is 0.259 e. The number of aryl methyl sites for hydroxylation is 4. The Bertz CT molecular complexity index is 5790. The van der Waals surface area contributed by atoms with Crippen LogP contribution < -0.4 is 86.7 Å². The Labute approximate surface area is 825 Å². The number of fused-ring (bicyclic) bond motifs is 4. The van der Waals surface area contributed by atoms with Crippen LogP contribution in [0.1, 0.15) is 130 Å². The van der Waals surface area contributed by atoms with E-state index >= 15 is 0 Å². The molecule has 5 unspecified atom stereocenters. The highest BCUT2D eigenvalue weighted by Crippen LogP contribution is 2.60. The summed E-state index contributed by atoms with van der Waals surface area (Å²) in [5.74, 6) is 5.11. The third-order valence-electron chi connectivity index (χ3n) is 24.0. The molecule has 0 bridgehead atoms. The number of aromatic nitrogens is 16. The van der Waals surface area contributed by atoms with Crippen LogP contribution in [-0.4, -0.2) is 214 Å². The molecule has 36 nitrogen and oxygen atoms in total. The van der Waals surface area contributed by atoms with E-state index < -0.39 is 57.9 Å². The largest absolute Gasteiger partial charge is 0.361 e. The Morgan fingerprint density at radius 1 is 0.346 bits per heavy atom. The van der Waals surface area contributed by atoms with Gasteiger partial charge in [-0.2, -0.15) is 39.9 Å². The van der Waals surface area contributed by atoms with Gasteiger partial charge in [-0.3, -0.25) is 4.57 Å². The third kappa shape index (κ3) is 29.8. The van der Waals surface area contributed by atoms with Gasteiger partial charge in [-0.1, -0.05) is 71.6 Å². The molecule has 16 rings (SSSR count). The molecule has 4 aromatic carbocycles. The minimum Gasteiger partial charge on any atom is -0.361 e. The monoisotopic (exact) mass is 2120 g/mol. The normalized spacial score (nSPS) is 21.1. The van der Waals surface area contributed by atoms with Crippen molar-refractivity contribution >= 4 is 259 Å². The van der Waals surface area contributed by atoms with Gasteiger partial charge in [0.25, 0.3) is 6.57 Å². The summed E-state index contributed by atoms with van der Waals surface area (Å²) >= 11 is 30.5. The van der Waals surface area contributed by atoms with Crippen LogP contribution in [0.4, 0.5) is 69.8 Å². The summed E-state index contributed by atoms with van der Waals surface area (Å²) in [5, 5.41) is 30.2. The van der Waals surface area contributed by atoms with Crippen molar-refractivity contribution in [3.05, 3.63) is 122 Å². The van der Waals surface area contributed by atoms with E-state index in [1.165, 1.54) is 5.30 Å². The zero-order chi connectivity index (χ0) is 98.0. The molecule has 4 fully saturated rings. The molecule has 736 valence electrons. The smallest absolute Gasteiger partial charge is 0.259 e. The molecule has 21 N–H and O–H groups in total. The van der Waals surface area contributed by atoms with Gasteiger partial charge in [-0.05, 0) is 285 Å². The second-order valence-corrected chi connectivity index (χ2v) is 72.1. The number of nitrogens with one attached hydrogen (secondary N) is 8. The number of hydrogen-bond acceptors (Lipinski definition) is 32. The second-order valence-electron chi connectivity index (χ2n) is 36.8. The van der Waals surface area contributed by atoms with E-state index in [1.54, 1.807) is 87.5 Å². The summed E-state index contributed by atoms with van der Waals surface area (Å²) in [5.41, 5.74) is 33.2. The highest BCUT2D eigenvalue weighted by Gasteiger charge is 2.32. The van der Waals surface area contributed by atoms with Crippen molar-refractivity contribution in [3.8, 4) is 0 Å². The van der Waals surface area contributed by atoms with Crippen LogP contribution in [0.2, 0.25) is 0 Å². The van der Waals surface area contributed by atoms with E-state index in [0.29, 0.717) is 104 Å². The lowest BCUT2D eigenvalue weighted by molar-refractivity contribution is 0.410. The number of hydrogen-bond donors (Lipinski definition) is 18. The Kier molecular flexibility index (Phi) is 35.9. The molecule has 12 aromatic rings. The number of benzene rings is 4. The van der Waals surface area contributed by atoms with Gasteiger partial charge < -0.3 is 117 Å². The first-order valence-corrected chi connectivity index (χ1v) is 69.8. The Hall–Kier alpha value is -6.59. The fourth-order valence-corrected chi connectivity index (χ4v) is 50.7. The van der Waals surface area contributed by atoms with Gasteiger partial charge in [-0.25, -0.2) is 19.9 Å². The van der Waals surface area contributed by atoms with E-state index in [1.807, 2.05) is 62.7 Å². The highest BCUT2D eigenvalue weighted by molar-refractivity contribution is 8.48. The van der Waals surface area contributed by atoms with Crippen LogP contribution in [0, 0.1) is 0 Å². The summed E-state index contributed by atoms with van der Waals surface area (Å²) < 4.78 is 44.9. The van der Waals surface area contributed by atoms with Gasteiger partial charge in [0.1, 0.15) is 19.7 Å². The lowest BCUT2D eigenvalue weighted by atomic mass is 9.92. The summed E-state index contributed by atoms with van der Waals surface area (Å²) in [7, 11) is -5.09. The Morgan fingerprint density at radius 2 is 0.588 bits per heavy atom. The van der Waals surface area contributed by atoms with Gasteiger partial charge >= 0.3 is 0 Å². The second kappa shape index (κ2) is 45.8. The molecule has 5 atom stereocenters. The average Bonchev–Trinajstić information content (AvgIpc) is 1.64. The summed E-state index contributed by atoms with van der Waals surface area (Å²) in [6.45, 7) is 15.5. The van der Waals surface area contributed by atoms with Crippen molar-refractivity contribution < 1.29 is 38.2 Å². The molecule has 4 saturated carbocycles. The van der Waals surface area contributed by atoms with Crippen molar-refractivity contribution in [1.82, 2.24) is 78.1 Å².